The first-order valence-electron chi connectivity index (χ1n) is 8.09. The van der Waals surface area contributed by atoms with Crippen molar-refractivity contribution in [2.24, 2.45) is 5.73 Å². The highest BCUT2D eigenvalue weighted by Gasteiger charge is 2.21. The molecule has 3 N–H and O–H groups in total. The third-order valence-electron chi connectivity index (χ3n) is 4.20. The maximum Gasteiger partial charge on any atom is 0.243 e. The average molecular weight is 439 g/mol. The molecule has 0 saturated carbocycles. The number of benzene rings is 1. The molecule has 0 aliphatic carbocycles. The molecule has 0 aliphatic heterocycles. The van der Waals surface area contributed by atoms with Crippen LogP contribution in [0.2, 0.25) is 0 Å². The van der Waals surface area contributed by atoms with Crippen LogP contribution in [0.3, 0.4) is 0 Å². The van der Waals surface area contributed by atoms with Crippen LogP contribution in [0.1, 0.15) is 22.5 Å². The number of halogens is 4. The highest BCUT2D eigenvalue weighted by atomic mass is 35.5. The number of sulfonamides is 1. The van der Waals surface area contributed by atoms with Crippen LogP contribution in [-0.4, -0.2) is 31.8 Å². The predicted octanol–water partition coefficient (Wildman–Crippen LogP) is 2.51. The van der Waals surface area contributed by atoms with Gasteiger partial charge in [0.05, 0.1) is 12.2 Å². The van der Waals surface area contributed by atoms with Gasteiger partial charge >= 0.3 is 0 Å². The van der Waals surface area contributed by atoms with E-state index in [1.807, 2.05) is 4.72 Å². The minimum Gasteiger partial charge on any atom is -0.327 e. The summed E-state index contributed by atoms with van der Waals surface area (Å²) in [5, 5.41) is 4.25. The topological polar surface area (TPSA) is 90.0 Å². The van der Waals surface area contributed by atoms with Crippen LogP contribution >= 0.6 is 12.4 Å². The molecule has 0 spiro atoms. The molecule has 2 aromatic rings. The molecule has 0 bridgehead atoms. The first-order valence-corrected chi connectivity index (χ1v) is 9.58. The van der Waals surface area contributed by atoms with Crippen LogP contribution < -0.4 is 10.5 Å². The standard InChI is InChI=1S/C17H21F3N4O2S.ClH/c1-10-14(7-13(18)4-5-21)11(2)24(23-10)9-12-6-16(20)17(8-15(12)19)27(25,26)22-3;/h4,6,8,22H,5,7,9,21H2,1-3H3;1H/b13-4-;. The Bertz CT molecular complexity index is 991. The molecule has 28 heavy (non-hydrogen) atoms. The second-order valence-corrected chi connectivity index (χ2v) is 7.81. The second kappa shape index (κ2) is 9.55. The van der Waals surface area contributed by atoms with Gasteiger partial charge in [-0.25, -0.2) is 26.3 Å². The lowest BCUT2D eigenvalue weighted by atomic mass is 10.1. The molecule has 1 aromatic heterocycles. The molecule has 0 atom stereocenters. The number of nitrogens with zero attached hydrogens (tertiary/aromatic N) is 2. The van der Waals surface area contributed by atoms with Gasteiger partial charge in [0.15, 0.2) is 0 Å². The average Bonchev–Trinajstić information content (AvgIpc) is 2.85. The molecule has 0 radical (unpaired) electrons. The number of aryl methyl sites for hydroxylation is 1. The van der Waals surface area contributed by atoms with E-state index in [4.69, 9.17) is 5.73 Å². The van der Waals surface area contributed by atoms with Crippen LogP contribution in [0.5, 0.6) is 0 Å². The van der Waals surface area contributed by atoms with Gasteiger partial charge in [-0.3, -0.25) is 4.68 Å². The van der Waals surface area contributed by atoms with Gasteiger partial charge in [0, 0.05) is 29.8 Å². The van der Waals surface area contributed by atoms with Crippen LogP contribution in [-0.2, 0) is 23.0 Å². The van der Waals surface area contributed by atoms with E-state index in [1.165, 1.54) is 10.8 Å². The molecule has 1 heterocycles. The van der Waals surface area contributed by atoms with Crippen molar-refractivity contribution >= 4 is 22.4 Å². The number of allylic oxidation sites excluding steroid dienone is 1. The fourth-order valence-corrected chi connectivity index (χ4v) is 3.48. The zero-order chi connectivity index (χ0) is 20.4. The van der Waals surface area contributed by atoms with E-state index in [9.17, 15) is 21.6 Å². The van der Waals surface area contributed by atoms with E-state index < -0.39 is 32.4 Å². The lowest BCUT2D eigenvalue weighted by molar-refractivity contribution is 0.533. The monoisotopic (exact) mass is 438 g/mol. The molecule has 0 aliphatic rings. The van der Waals surface area contributed by atoms with Gasteiger partial charge in [-0.1, -0.05) is 0 Å². The first kappa shape index (κ1) is 24.2. The summed E-state index contributed by atoms with van der Waals surface area (Å²) < 4.78 is 69.1. The summed E-state index contributed by atoms with van der Waals surface area (Å²) >= 11 is 0. The molecule has 6 nitrogen and oxygen atoms in total. The van der Waals surface area contributed by atoms with Crippen molar-refractivity contribution in [2.45, 2.75) is 31.7 Å². The smallest absolute Gasteiger partial charge is 0.243 e. The summed E-state index contributed by atoms with van der Waals surface area (Å²) in [4.78, 5) is -0.769. The summed E-state index contributed by atoms with van der Waals surface area (Å²) in [6.45, 7) is 3.33. The van der Waals surface area contributed by atoms with Crippen LogP contribution in [0.15, 0.2) is 28.9 Å². The Morgan fingerprint density at radius 3 is 2.50 bits per heavy atom. The minimum absolute atomic E-state index is 0. The van der Waals surface area contributed by atoms with E-state index in [0.29, 0.717) is 23.0 Å². The number of aromatic nitrogens is 2. The van der Waals surface area contributed by atoms with Gasteiger partial charge < -0.3 is 5.73 Å². The Morgan fingerprint density at radius 2 is 1.93 bits per heavy atom. The summed E-state index contributed by atoms with van der Waals surface area (Å²) in [7, 11) is -3.01. The number of rotatable bonds is 7. The number of hydrogen-bond acceptors (Lipinski definition) is 4. The number of nitrogens with two attached hydrogens (primary N) is 1. The quantitative estimate of drug-likeness (QED) is 0.695. The number of hydrogen-bond donors (Lipinski definition) is 2. The van der Waals surface area contributed by atoms with E-state index in [1.54, 1.807) is 13.8 Å². The summed E-state index contributed by atoms with van der Waals surface area (Å²) in [5.74, 6) is -2.35. The molecular weight excluding hydrogens is 417 g/mol. The summed E-state index contributed by atoms with van der Waals surface area (Å²) in [6, 6.07) is 1.46. The molecular formula is C17H22ClF3N4O2S. The lowest BCUT2D eigenvalue weighted by Gasteiger charge is -2.10. The minimum atomic E-state index is -4.12. The van der Waals surface area contributed by atoms with Crippen molar-refractivity contribution in [1.29, 1.82) is 0 Å². The van der Waals surface area contributed by atoms with E-state index >= 15 is 0 Å². The van der Waals surface area contributed by atoms with Gasteiger partial charge in [0.2, 0.25) is 10.0 Å². The summed E-state index contributed by atoms with van der Waals surface area (Å²) in [6.07, 6.45) is 1.26. The van der Waals surface area contributed by atoms with Crippen molar-refractivity contribution in [1.82, 2.24) is 14.5 Å². The van der Waals surface area contributed by atoms with Gasteiger partial charge in [-0.2, -0.15) is 5.10 Å². The fraction of sp³-hybridized carbons (Fsp3) is 0.353. The molecule has 0 unspecified atom stereocenters. The molecule has 0 saturated heterocycles. The van der Waals surface area contributed by atoms with Gasteiger partial charge in [-0.05, 0) is 39.1 Å². The first-order chi connectivity index (χ1) is 12.6. The molecule has 0 amide bonds. The Hall–Kier alpha value is -1.88. The van der Waals surface area contributed by atoms with E-state index in [-0.39, 0.29) is 37.5 Å². The highest BCUT2D eigenvalue weighted by molar-refractivity contribution is 7.89. The van der Waals surface area contributed by atoms with Gasteiger partial charge in [-0.15, -0.1) is 12.4 Å². The molecule has 1 aromatic carbocycles. The molecule has 0 fully saturated rings. The van der Waals surface area contributed by atoms with Crippen LogP contribution in [0.4, 0.5) is 13.2 Å². The second-order valence-electron chi connectivity index (χ2n) is 5.95. The Balaban J connectivity index is 0.00000392. The number of nitrogens with one attached hydrogen (secondary N) is 1. The van der Waals surface area contributed by atoms with Crippen LogP contribution in [0, 0.1) is 25.5 Å². The Kier molecular flexibility index (Phi) is 8.24. The van der Waals surface area contributed by atoms with Crippen molar-refractivity contribution < 1.29 is 21.6 Å². The van der Waals surface area contributed by atoms with Crippen molar-refractivity contribution in [3.63, 3.8) is 0 Å². The van der Waals surface area contributed by atoms with Crippen molar-refractivity contribution in [3.05, 3.63) is 58.2 Å². The Morgan fingerprint density at radius 1 is 1.29 bits per heavy atom. The zero-order valence-corrected chi connectivity index (χ0v) is 17.2. The third-order valence-corrected chi connectivity index (χ3v) is 5.62. The highest BCUT2D eigenvalue weighted by Crippen LogP contribution is 2.23. The van der Waals surface area contributed by atoms with Crippen molar-refractivity contribution in [2.75, 3.05) is 13.6 Å². The molecule has 2 rings (SSSR count). The maximum absolute atomic E-state index is 14.3. The normalized spacial score (nSPS) is 12.2. The van der Waals surface area contributed by atoms with Crippen molar-refractivity contribution in [3.8, 4) is 0 Å². The zero-order valence-electron chi connectivity index (χ0n) is 15.6. The fourth-order valence-electron chi connectivity index (χ4n) is 2.68. The Labute approximate surface area is 168 Å². The predicted molar refractivity (Wildman–Crippen MR) is 103 cm³/mol. The van der Waals surface area contributed by atoms with Crippen LogP contribution in [0.25, 0.3) is 0 Å². The largest absolute Gasteiger partial charge is 0.327 e. The van der Waals surface area contributed by atoms with Gasteiger partial charge in [0.25, 0.3) is 0 Å². The maximum atomic E-state index is 14.3. The van der Waals surface area contributed by atoms with E-state index in [0.717, 1.165) is 13.1 Å². The molecule has 11 heteroatoms. The molecule has 156 valence electrons. The lowest BCUT2D eigenvalue weighted by Crippen LogP contribution is -2.20. The summed E-state index contributed by atoms with van der Waals surface area (Å²) in [5.41, 5.74) is 7.00. The van der Waals surface area contributed by atoms with E-state index in [2.05, 4.69) is 5.10 Å². The van der Waals surface area contributed by atoms with Gasteiger partial charge in [0.1, 0.15) is 22.4 Å². The SMILES string of the molecule is CNS(=O)(=O)c1cc(F)c(Cn2nc(C)c(C/C(F)=C/CN)c2C)cc1F.Cl. The third kappa shape index (κ3) is 5.13.